The minimum Gasteiger partial charge on any atom is -0.488 e. The van der Waals surface area contributed by atoms with Gasteiger partial charge in [-0.3, -0.25) is 4.79 Å². The van der Waals surface area contributed by atoms with Crippen LogP contribution in [0.15, 0.2) is 96.0 Å². The summed E-state index contributed by atoms with van der Waals surface area (Å²) in [6.07, 6.45) is 17.0. The molecule has 3 rings (SSSR count). The summed E-state index contributed by atoms with van der Waals surface area (Å²) < 4.78 is 23.1. The van der Waals surface area contributed by atoms with Crippen molar-refractivity contribution in [2.24, 2.45) is 0 Å². The van der Waals surface area contributed by atoms with Crippen LogP contribution in [0.3, 0.4) is 0 Å². The molecule has 0 amide bonds. The molecule has 8 heteroatoms. The van der Waals surface area contributed by atoms with Crippen molar-refractivity contribution in [1.29, 1.82) is 0 Å². The molecule has 1 aromatic carbocycles. The minimum absolute atomic E-state index is 0.141. The molecule has 248 valence electrons. The Hall–Kier alpha value is -4.17. The van der Waals surface area contributed by atoms with Crippen LogP contribution in [-0.2, 0) is 23.8 Å². The number of hydrogen-bond donors (Lipinski definition) is 1. The number of allylic oxidation sites excluding steroid dienone is 8. The van der Waals surface area contributed by atoms with E-state index in [1.807, 2.05) is 31.2 Å². The second-order valence-electron chi connectivity index (χ2n) is 11.6. The summed E-state index contributed by atoms with van der Waals surface area (Å²) in [5.41, 5.74) is 3.09. The van der Waals surface area contributed by atoms with Crippen molar-refractivity contribution in [3.63, 3.8) is 0 Å². The Balaban J connectivity index is 1.55. The van der Waals surface area contributed by atoms with Gasteiger partial charge < -0.3 is 24.1 Å². The minimum atomic E-state index is -0.861. The highest BCUT2D eigenvalue weighted by Gasteiger charge is 2.23. The summed E-state index contributed by atoms with van der Waals surface area (Å²) in [6.45, 7) is 11.3. The van der Waals surface area contributed by atoms with Crippen molar-refractivity contribution in [1.82, 2.24) is 0 Å². The van der Waals surface area contributed by atoms with Crippen molar-refractivity contribution in [3.8, 4) is 5.75 Å². The molecule has 3 unspecified atom stereocenters. The number of aliphatic hydroxyl groups excluding tert-OH is 1. The first-order valence-electron chi connectivity index (χ1n) is 16.4. The van der Waals surface area contributed by atoms with Crippen LogP contribution in [0.1, 0.15) is 101 Å². The first-order chi connectivity index (χ1) is 22.3. The van der Waals surface area contributed by atoms with Gasteiger partial charge in [0.15, 0.2) is 0 Å². The topological polar surface area (TPSA) is 108 Å². The lowest BCUT2D eigenvalue weighted by Gasteiger charge is -2.24. The summed E-state index contributed by atoms with van der Waals surface area (Å²) in [5, 5.41) is 10.5. The number of rotatable bonds is 20. The van der Waals surface area contributed by atoms with Gasteiger partial charge in [0.25, 0.3) is 0 Å². The van der Waals surface area contributed by atoms with Crippen LogP contribution in [0.25, 0.3) is 0 Å². The van der Waals surface area contributed by atoms with Crippen LogP contribution in [-0.4, -0.2) is 41.8 Å². The third kappa shape index (κ3) is 12.0. The van der Waals surface area contributed by atoms with E-state index in [-0.39, 0.29) is 6.42 Å². The van der Waals surface area contributed by atoms with Gasteiger partial charge in [-0.25, -0.2) is 9.59 Å². The van der Waals surface area contributed by atoms with Crippen LogP contribution >= 0.6 is 0 Å². The molecule has 0 saturated carbocycles. The number of benzene rings is 1. The Labute approximate surface area is 273 Å². The average Bonchev–Trinajstić information content (AvgIpc) is 3.07. The Morgan fingerprint density at radius 3 is 2.11 bits per heavy atom. The maximum absolute atomic E-state index is 12.8. The van der Waals surface area contributed by atoms with Gasteiger partial charge in [-0.2, -0.15) is 0 Å². The van der Waals surface area contributed by atoms with Crippen molar-refractivity contribution in [2.45, 2.75) is 109 Å². The van der Waals surface area contributed by atoms with Crippen LogP contribution in [0.4, 0.5) is 0 Å². The molecule has 3 atom stereocenters. The van der Waals surface area contributed by atoms with E-state index in [9.17, 15) is 19.5 Å². The molecule has 0 heterocycles. The van der Waals surface area contributed by atoms with E-state index >= 15 is 0 Å². The molecule has 0 aromatic heterocycles. The van der Waals surface area contributed by atoms with Gasteiger partial charge in [0.1, 0.15) is 29.7 Å². The van der Waals surface area contributed by atoms with Gasteiger partial charge in [0.05, 0.1) is 11.7 Å². The Bertz CT molecular complexity index is 1330. The van der Waals surface area contributed by atoms with Crippen LogP contribution < -0.4 is 4.74 Å². The Morgan fingerprint density at radius 1 is 0.870 bits per heavy atom. The predicted octanol–water partition coefficient (Wildman–Crippen LogP) is 8.15. The largest absolute Gasteiger partial charge is 0.488 e. The molecule has 0 bridgehead atoms. The molecule has 2 aliphatic rings. The highest BCUT2D eigenvalue weighted by Crippen LogP contribution is 2.32. The zero-order chi connectivity index (χ0) is 33.3. The molecule has 0 fully saturated rings. The van der Waals surface area contributed by atoms with E-state index in [0.29, 0.717) is 54.6 Å². The van der Waals surface area contributed by atoms with E-state index in [1.54, 1.807) is 24.3 Å². The number of aldehydes is 1. The van der Waals surface area contributed by atoms with Gasteiger partial charge in [-0.1, -0.05) is 64.8 Å². The van der Waals surface area contributed by atoms with Gasteiger partial charge >= 0.3 is 11.9 Å². The van der Waals surface area contributed by atoms with Crippen molar-refractivity contribution in [2.75, 3.05) is 0 Å². The van der Waals surface area contributed by atoms with Crippen molar-refractivity contribution < 1.29 is 38.4 Å². The van der Waals surface area contributed by atoms with Crippen molar-refractivity contribution >= 4 is 18.2 Å². The van der Waals surface area contributed by atoms with Gasteiger partial charge in [0, 0.05) is 31.8 Å². The summed E-state index contributed by atoms with van der Waals surface area (Å²) in [7, 11) is 0. The molecule has 0 saturated heterocycles. The molecule has 1 aromatic rings. The van der Waals surface area contributed by atoms with Gasteiger partial charge in [-0.05, 0) is 78.8 Å². The second-order valence-corrected chi connectivity index (χ2v) is 11.6. The van der Waals surface area contributed by atoms with Crippen LogP contribution in [0.5, 0.6) is 5.75 Å². The zero-order valence-electron chi connectivity index (χ0n) is 27.2. The van der Waals surface area contributed by atoms with E-state index in [0.717, 1.165) is 56.8 Å². The predicted molar refractivity (Wildman–Crippen MR) is 178 cm³/mol. The van der Waals surface area contributed by atoms with Crippen molar-refractivity contribution in [3.05, 3.63) is 102 Å². The number of unbranched alkanes of at least 4 members (excludes halogenated alkanes) is 3. The average molecular weight is 633 g/mol. The normalized spacial score (nSPS) is 16.3. The number of carbonyl (C=O) groups excluding carboxylic acids is 3. The summed E-state index contributed by atoms with van der Waals surface area (Å²) in [6, 6.07) is 6.61. The fourth-order valence-corrected chi connectivity index (χ4v) is 5.27. The monoisotopic (exact) mass is 632 g/mol. The number of hydrogen-bond acceptors (Lipinski definition) is 8. The number of ether oxygens (including phenoxy) is 4. The molecule has 2 aliphatic carbocycles. The molecule has 0 aliphatic heterocycles. The lowest BCUT2D eigenvalue weighted by atomic mass is 9.90. The van der Waals surface area contributed by atoms with Crippen LogP contribution in [0, 0.1) is 0 Å². The lowest BCUT2D eigenvalue weighted by Crippen LogP contribution is -2.32. The third-order valence-electron chi connectivity index (χ3n) is 7.87. The molecular weight excluding hydrogens is 584 g/mol. The van der Waals surface area contributed by atoms with Gasteiger partial charge in [0.2, 0.25) is 6.29 Å². The molecule has 1 N–H and O–H groups in total. The Kier molecular flexibility index (Phi) is 15.3. The lowest BCUT2D eigenvalue weighted by molar-refractivity contribution is -0.167. The summed E-state index contributed by atoms with van der Waals surface area (Å²) in [4.78, 5) is 35.5. The quantitative estimate of drug-likeness (QED) is 0.0505. The molecule has 46 heavy (non-hydrogen) atoms. The number of aliphatic hydroxyl groups is 1. The van der Waals surface area contributed by atoms with E-state index in [4.69, 9.17) is 18.9 Å². The fraction of sp³-hybridized carbons (Fsp3) is 0.447. The first kappa shape index (κ1) is 36.3. The zero-order valence-corrected chi connectivity index (χ0v) is 27.2. The van der Waals surface area contributed by atoms with E-state index in [2.05, 4.69) is 20.1 Å². The number of carbonyl (C=O) groups is 3. The Morgan fingerprint density at radius 2 is 1.54 bits per heavy atom. The number of esters is 2. The summed E-state index contributed by atoms with van der Waals surface area (Å²) in [5.74, 6) is 0.965. The molecular formula is C38H48O8. The van der Waals surface area contributed by atoms with E-state index in [1.165, 1.54) is 11.1 Å². The maximum atomic E-state index is 12.8. The smallest absolute Gasteiger partial charge is 0.343 e. The highest BCUT2D eigenvalue weighted by molar-refractivity contribution is 5.90. The SMILES string of the molecule is C=CC(=O)OC(CCCCCC)OC1=CC=C(C2=CC=C(OC(=O)c3ccc(OC(CCC)C(O)CC(=C)C=O)cc3)CC2)CC1. The first-order valence-corrected chi connectivity index (χ1v) is 16.4. The fourth-order valence-electron chi connectivity index (χ4n) is 5.27. The maximum Gasteiger partial charge on any atom is 0.343 e. The highest BCUT2D eigenvalue weighted by atomic mass is 16.7. The second kappa shape index (κ2) is 19.4. The van der Waals surface area contributed by atoms with E-state index < -0.39 is 30.4 Å². The summed E-state index contributed by atoms with van der Waals surface area (Å²) >= 11 is 0. The molecule has 0 radical (unpaired) electrons. The molecule has 0 spiro atoms. The molecule has 8 nitrogen and oxygen atoms in total. The standard InChI is InChI=1S/C38H48O8/c1-5-8-9-10-12-37(46-36(41)7-3)44-32-19-13-28(14-20-32)29-15-21-33(22-16-29)45-38(42)30-17-23-31(24-18-30)43-35(11-6-2)34(40)25-27(4)26-39/h7,13,15,17-19,21,23-24,26,34-35,37,40H,3-6,8-12,14,16,20,22,25H2,1-2H3. The van der Waals surface area contributed by atoms with Gasteiger partial charge in [-0.15, -0.1) is 0 Å². The third-order valence-corrected chi connectivity index (χ3v) is 7.87. The van der Waals surface area contributed by atoms with Crippen LogP contribution in [0.2, 0.25) is 0 Å².